The molecule has 2 aromatic carbocycles. The van der Waals surface area contributed by atoms with Crippen LogP contribution in [0, 0.1) is 6.92 Å². The number of aromatic nitrogens is 1. The Labute approximate surface area is 168 Å². The zero-order chi connectivity index (χ0) is 20.9. The molecule has 0 aliphatic heterocycles. The Bertz CT molecular complexity index is 1080. The minimum atomic E-state index is -3.77. The van der Waals surface area contributed by atoms with E-state index in [-0.39, 0.29) is 17.3 Å². The van der Waals surface area contributed by atoms with Crippen LogP contribution >= 0.6 is 0 Å². The third kappa shape index (κ3) is 5.39. The van der Waals surface area contributed by atoms with Gasteiger partial charge in [0.25, 0.3) is 10.0 Å². The van der Waals surface area contributed by atoms with Gasteiger partial charge in [0.15, 0.2) is 5.82 Å². The average Bonchev–Trinajstić information content (AvgIpc) is 3.11. The number of aliphatic hydroxyl groups is 1. The molecule has 0 saturated carbocycles. The van der Waals surface area contributed by atoms with Crippen molar-refractivity contribution in [2.24, 2.45) is 10.2 Å². The van der Waals surface area contributed by atoms with Gasteiger partial charge in [0.2, 0.25) is 0 Å². The molecule has 0 fully saturated rings. The molecule has 3 aromatic rings. The first-order chi connectivity index (χ1) is 13.9. The highest BCUT2D eigenvalue weighted by Crippen LogP contribution is 2.23. The molecule has 0 atom stereocenters. The van der Waals surface area contributed by atoms with Crippen LogP contribution in [0.4, 0.5) is 22.9 Å². The first-order valence-electron chi connectivity index (χ1n) is 8.77. The van der Waals surface area contributed by atoms with Crippen LogP contribution in [0.1, 0.15) is 5.76 Å². The van der Waals surface area contributed by atoms with Gasteiger partial charge in [-0.05, 0) is 55.5 Å². The predicted molar refractivity (Wildman–Crippen MR) is 109 cm³/mol. The van der Waals surface area contributed by atoms with Crippen molar-refractivity contribution in [1.29, 1.82) is 0 Å². The molecular weight excluding hydrogens is 394 g/mol. The molecule has 0 bridgehead atoms. The Hall–Kier alpha value is -3.24. The second-order valence-corrected chi connectivity index (χ2v) is 7.97. The number of nitrogens with one attached hydrogen (secondary N) is 1. The van der Waals surface area contributed by atoms with Crippen LogP contribution in [0.2, 0.25) is 0 Å². The molecule has 0 saturated heterocycles. The number of anilines is 2. The highest BCUT2D eigenvalue weighted by molar-refractivity contribution is 7.92. The molecule has 0 unspecified atom stereocenters. The molecule has 1 heterocycles. The average molecular weight is 415 g/mol. The van der Waals surface area contributed by atoms with Crippen LogP contribution in [0.3, 0.4) is 0 Å². The lowest BCUT2D eigenvalue weighted by molar-refractivity contribution is 0.304. The number of aryl methyl sites for hydroxylation is 1. The SMILES string of the molecule is Cc1cc(NS(=O)(=O)c2ccc(N=Nc3ccc(N(C)CCO)cc3)cc2)no1. The van der Waals surface area contributed by atoms with Gasteiger partial charge in [0, 0.05) is 25.3 Å². The molecule has 0 aliphatic carbocycles. The molecule has 0 aliphatic rings. The minimum Gasteiger partial charge on any atom is -0.395 e. The van der Waals surface area contributed by atoms with Gasteiger partial charge >= 0.3 is 0 Å². The topological polar surface area (TPSA) is 120 Å². The van der Waals surface area contributed by atoms with E-state index in [2.05, 4.69) is 20.1 Å². The highest BCUT2D eigenvalue weighted by atomic mass is 32.2. The number of hydrogen-bond acceptors (Lipinski definition) is 8. The van der Waals surface area contributed by atoms with Crippen LogP contribution in [0.5, 0.6) is 0 Å². The molecular formula is C19H21N5O4S. The third-order valence-corrected chi connectivity index (χ3v) is 5.39. The number of rotatable bonds is 8. The van der Waals surface area contributed by atoms with Crippen molar-refractivity contribution in [2.45, 2.75) is 11.8 Å². The first-order valence-corrected chi connectivity index (χ1v) is 10.3. The van der Waals surface area contributed by atoms with Gasteiger partial charge < -0.3 is 14.5 Å². The van der Waals surface area contributed by atoms with Crippen molar-refractivity contribution in [3.63, 3.8) is 0 Å². The van der Waals surface area contributed by atoms with Gasteiger partial charge in [-0.1, -0.05) is 5.16 Å². The summed E-state index contributed by atoms with van der Waals surface area (Å²) in [4.78, 5) is 2.00. The number of benzene rings is 2. The van der Waals surface area contributed by atoms with E-state index in [0.717, 1.165) is 5.69 Å². The number of hydrogen-bond donors (Lipinski definition) is 2. The zero-order valence-corrected chi connectivity index (χ0v) is 16.8. The fourth-order valence-electron chi connectivity index (χ4n) is 2.47. The van der Waals surface area contributed by atoms with E-state index in [4.69, 9.17) is 9.63 Å². The van der Waals surface area contributed by atoms with E-state index in [1.807, 2.05) is 36.2 Å². The summed E-state index contributed by atoms with van der Waals surface area (Å²) in [6.45, 7) is 2.30. The number of nitrogens with zero attached hydrogens (tertiary/aromatic N) is 4. The number of azo groups is 1. The molecule has 9 nitrogen and oxygen atoms in total. The third-order valence-electron chi connectivity index (χ3n) is 4.02. The lowest BCUT2D eigenvalue weighted by atomic mass is 10.2. The smallest absolute Gasteiger partial charge is 0.263 e. The summed E-state index contributed by atoms with van der Waals surface area (Å²) in [6, 6.07) is 14.9. The van der Waals surface area contributed by atoms with E-state index in [1.165, 1.54) is 18.2 Å². The van der Waals surface area contributed by atoms with Crippen LogP contribution in [-0.4, -0.2) is 38.9 Å². The summed E-state index contributed by atoms with van der Waals surface area (Å²) < 4.78 is 31.9. The molecule has 29 heavy (non-hydrogen) atoms. The molecule has 1 aromatic heterocycles. The van der Waals surface area contributed by atoms with Crippen LogP contribution < -0.4 is 9.62 Å². The second-order valence-electron chi connectivity index (χ2n) is 6.28. The molecule has 0 spiro atoms. The molecule has 0 amide bonds. The number of sulfonamides is 1. The van der Waals surface area contributed by atoms with Gasteiger partial charge in [-0.15, -0.1) is 0 Å². The van der Waals surface area contributed by atoms with Crippen molar-refractivity contribution in [3.8, 4) is 0 Å². The zero-order valence-electron chi connectivity index (χ0n) is 16.0. The number of aliphatic hydroxyl groups excluding tert-OH is 1. The quantitative estimate of drug-likeness (QED) is 0.542. The van der Waals surface area contributed by atoms with Crippen molar-refractivity contribution in [2.75, 3.05) is 29.8 Å². The van der Waals surface area contributed by atoms with Gasteiger partial charge in [0.1, 0.15) is 5.76 Å². The normalized spacial score (nSPS) is 11.7. The van der Waals surface area contributed by atoms with Crippen molar-refractivity contribution in [3.05, 3.63) is 60.4 Å². The van der Waals surface area contributed by atoms with E-state index in [1.54, 1.807) is 19.1 Å². The summed E-state index contributed by atoms with van der Waals surface area (Å²) in [5.74, 6) is 0.630. The summed E-state index contributed by atoms with van der Waals surface area (Å²) >= 11 is 0. The minimum absolute atomic E-state index is 0.0772. The summed E-state index contributed by atoms with van der Waals surface area (Å²) in [5, 5.41) is 20.9. The second kappa shape index (κ2) is 8.84. The summed E-state index contributed by atoms with van der Waals surface area (Å²) in [7, 11) is -1.88. The molecule has 2 N–H and O–H groups in total. The summed E-state index contributed by atoms with van der Waals surface area (Å²) in [5.41, 5.74) is 2.14. The Morgan fingerprint density at radius 3 is 2.17 bits per heavy atom. The Morgan fingerprint density at radius 1 is 1.07 bits per heavy atom. The van der Waals surface area contributed by atoms with Crippen molar-refractivity contribution < 1.29 is 18.0 Å². The monoisotopic (exact) mass is 415 g/mol. The van der Waals surface area contributed by atoms with Gasteiger partial charge in [-0.3, -0.25) is 4.72 Å². The fourth-order valence-corrected chi connectivity index (χ4v) is 3.46. The Balaban J connectivity index is 1.67. The predicted octanol–water partition coefficient (Wildman–Crippen LogP) is 3.63. The van der Waals surface area contributed by atoms with Gasteiger partial charge in [-0.2, -0.15) is 10.2 Å². The lowest BCUT2D eigenvalue weighted by Crippen LogP contribution is -2.20. The van der Waals surface area contributed by atoms with E-state index >= 15 is 0 Å². The standard InChI is InChI=1S/C19H21N5O4S/c1-14-13-19(22-28-14)23-29(26,27)18-9-5-16(6-10-18)21-20-15-3-7-17(8-4-15)24(2)11-12-25/h3-10,13,25H,11-12H2,1-2H3,(H,22,23). The maximum atomic E-state index is 12.4. The molecule has 3 rings (SSSR count). The van der Waals surface area contributed by atoms with Crippen LogP contribution in [-0.2, 0) is 10.0 Å². The maximum Gasteiger partial charge on any atom is 0.263 e. The Kier molecular flexibility index (Phi) is 6.25. The number of likely N-dealkylation sites (N-methyl/N-ethyl adjacent to an activating group) is 1. The molecule has 152 valence electrons. The van der Waals surface area contributed by atoms with Crippen molar-refractivity contribution >= 4 is 32.9 Å². The van der Waals surface area contributed by atoms with Crippen LogP contribution in [0.15, 0.2) is 74.2 Å². The molecule has 0 radical (unpaired) electrons. The van der Waals surface area contributed by atoms with Crippen molar-refractivity contribution in [1.82, 2.24) is 5.16 Å². The molecule has 10 heteroatoms. The van der Waals surface area contributed by atoms with E-state index in [9.17, 15) is 8.42 Å². The maximum absolute atomic E-state index is 12.4. The van der Waals surface area contributed by atoms with Crippen LogP contribution in [0.25, 0.3) is 0 Å². The van der Waals surface area contributed by atoms with E-state index in [0.29, 0.717) is 23.7 Å². The van der Waals surface area contributed by atoms with Gasteiger partial charge in [-0.25, -0.2) is 8.42 Å². The lowest BCUT2D eigenvalue weighted by Gasteiger charge is -2.17. The fraction of sp³-hybridized carbons (Fsp3) is 0.211. The highest BCUT2D eigenvalue weighted by Gasteiger charge is 2.16. The largest absolute Gasteiger partial charge is 0.395 e. The Morgan fingerprint density at radius 2 is 1.66 bits per heavy atom. The van der Waals surface area contributed by atoms with Gasteiger partial charge in [0.05, 0.1) is 22.9 Å². The summed E-state index contributed by atoms with van der Waals surface area (Å²) in [6.07, 6.45) is 0. The first kappa shape index (κ1) is 20.5. The van der Waals surface area contributed by atoms with E-state index < -0.39 is 10.0 Å².